The molecule has 1 fully saturated rings. The van der Waals surface area contributed by atoms with Gasteiger partial charge >= 0.3 is 6.09 Å². The summed E-state index contributed by atoms with van der Waals surface area (Å²) in [6.45, 7) is 8.01. The Labute approximate surface area is 124 Å². The Kier molecular flexibility index (Phi) is 4.26. The molecule has 0 radical (unpaired) electrons. The largest absolute Gasteiger partial charge is 0.444 e. The average Bonchev–Trinajstić information content (AvgIpc) is 2.46. The molecular weight excluding hydrogens is 270 g/mol. The van der Waals surface area contributed by atoms with Crippen molar-refractivity contribution >= 4 is 11.9 Å². The van der Waals surface area contributed by atoms with E-state index in [4.69, 9.17) is 10.00 Å². The fourth-order valence-electron chi connectivity index (χ4n) is 2.02. The van der Waals surface area contributed by atoms with Gasteiger partial charge < -0.3 is 14.5 Å². The third-order valence-electron chi connectivity index (χ3n) is 3.00. The maximum absolute atomic E-state index is 12.0. The monoisotopic (exact) mass is 289 g/mol. The van der Waals surface area contributed by atoms with Gasteiger partial charge in [-0.2, -0.15) is 5.26 Å². The second-order valence-corrected chi connectivity index (χ2v) is 5.80. The average molecular weight is 289 g/mol. The van der Waals surface area contributed by atoms with Gasteiger partial charge in [0, 0.05) is 32.4 Å². The van der Waals surface area contributed by atoms with Crippen LogP contribution in [0.25, 0.3) is 0 Å². The molecule has 0 aromatic carbocycles. The van der Waals surface area contributed by atoms with E-state index in [1.54, 1.807) is 17.2 Å². The topological polar surface area (TPSA) is 82.4 Å². The first kappa shape index (κ1) is 15.0. The molecule has 1 aliphatic heterocycles. The highest BCUT2D eigenvalue weighted by atomic mass is 16.6. The summed E-state index contributed by atoms with van der Waals surface area (Å²) in [4.78, 5) is 23.7. The van der Waals surface area contributed by atoms with Gasteiger partial charge in [0.2, 0.25) is 5.82 Å². The number of nitriles is 1. The van der Waals surface area contributed by atoms with E-state index >= 15 is 0 Å². The zero-order valence-electron chi connectivity index (χ0n) is 12.5. The number of hydrogen-bond donors (Lipinski definition) is 0. The number of hydrogen-bond acceptors (Lipinski definition) is 6. The molecule has 2 rings (SSSR count). The van der Waals surface area contributed by atoms with Crippen molar-refractivity contribution in [1.82, 2.24) is 14.9 Å². The number of nitrogens with zero attached hydrogens (tertiary/aromatic N) is 5. The maximum Gasteiger partial charge on any atom is 0.410 e. The van der Waals surface area contributed by atoms with Gasteiger partial charge in [-0.05, 0) is 26.8 Å². The standard InChI is InChI=1S/C14H19N5O2/c1-14(2,3)21-13(20)19-8-6-18(7-9-19)12-4-5-16-11(10-15)17-12/h4-5H,6-9H2,1-3H3. The number of aromatic nitrogens is 2. The SMILES string of the molecule is CC(C)(C)OC(=O)N1CCN(c2ccnc(C#N)n2)CC1. The van der Waals surface area contributed by atoms with Gasteiger partial charge in [-0.1, -0.05) is 0 Å². The molecule has 1 aliphatic rings. The molecule has 7 heteroatoms. The second-order valence-electron chi connectivity index (χ2n) is 5.80. The van der Waals surface area contributed by atoms with Crippen molar-refractivity contribution in [1.29, 1.82) is 5.26 Å². The third-order valence-corrected chi connectivity index (χ3v) is 3.00. The van der Waals surface area contributed by atoms with Gasteiger partial charge in [0.05, 0.1) is 0 Å². The van der Waals surface area contributed by atoms with E-state index in [1.807, 2.05) is 31.7 Å². The number of anilines is 1. The summed E-state index contributed by atoms with van der Waals surface area (Å²) in [5, 5.41) is 8.82. The lowest BCUT2D eigenvalue weighted by molar-refractivity contribution is 0.0240. The quantitative estimate of drug-likeness (QED) is 0.777. The zero-order chi connectivity index (χ0) is 15.5. The van der Waals surface area contributed by atoms with E-state index in [-0.39, 0.29) is 11.9 Å². The van der Waals surface area contributed by atoms with E-state index < -0.39 is 5.60 Å². The predicted molar refractivity (Wildman–Crippen MR) is 76.8 cm³/mol. The molecule has 0 saturated carbocycles. The van der Waals surface area contributed by atoms with E-state index in [2.05, 4.69) is 9.97 Å². The summed E-state index contributed by atoms with van der Waals surface area (Å²) in [6.07, 6.45) is 1.28. The summed E-state index contributed by atoms with van der Waals surface area (Å²) in [5.41, 5.74) is -0.484. The Morgan fingerprint density at radius 2 is 2.00 bits per heavy atom. The first-order valence-corrected chi connectivity index (χ1v) is 6.85. The summed E-state index contributed by atoms with van der Waals surface area (Å²) in [5.74, 6) is 0.868. The van der Waals surface area contributed by atoms with E-state index in [0.29, 0.717) is 32.0 Å². The minimum atomic E-state index is -0.484. The molecular formula is C14H19N5O2. The van der Waals surface area contributed by atoms with Crippen LogP contribution in [0.5, 0.6) is 0 Å². The van der Waals surface area contributed by atoms with Crippen LogP contribution in [0, 0.1) is 11.3 Å². The Balaban J connectivity index is 1.94. The van der Waals surface area contributed by atoms with Crippen LogP contribution in [-0.2, 0) is 4.74 Å². The molecule has 21 heavy (non-hydrogen) atoms. The summed E-state index contributed by atoms with van der Waals surface area (Å²) < 4.78 is 5.35. The van der Waals surface area contributed by atoms with Gasteiger partial charge in [0.25, 0.3) is 0 Å². The van der Waals surface area contributed by atoms with Gasteiger partial charge in [-0.3, -0.25) is 0 Å². The van der Waals surface area contributed by atoms with Crippen LogP contribution in [0.2, 0.25) is 0 Å². The van der Waals surface area contributed by atoms with Crippen molar-refractivity contribution < 1.29 is 9.53 Å². The van der Waals surface area contributed by atoms with Gasteiger partial charge in [0.15, 0.2) is 0 Å². The molecule has 1 saturated heterocycles. The van der Waals surface area contributed by atoms with Crippen LogP contribution in [0.15, 0.2) is 12.3 Å². The van der Waals surface area contributed by atoms with Crippen LogP contribution in [-0.4, -0.2) is 52.7 Å². The molecule has 0 atom stereocenters. The highest BCUT2D eigenvalue weighted by Gasteiger charge is 2.26. The van der Waals surface area contributed by atoms with E-state index in [0.717, 1.165) is 0 Å². The maximum atomic E-state index is 12.0. The molecule has 0 N–H and O–H groups in total. The van der Waals surface area contributed by atoms with Crippen molar-refractivity contribution in [3.63, 3.8) is 0 Å². The summed E-state index contributed by atoms with van der Waals surface area (Å²) in [6, 6.07) is 3.69. The Bertz CT molecular complexity index is 553. The van der Waals surface area contributed by atoms with Crippen molar-refractivity contribution in [2.45, 2.75) is 26.4 Å². The minimum Gasteiger partial charge on any atom is -0.444 e. The Hall–Kier alpha value is -2.36. The van der Waals surface area contributed by atoms with E-state index in [9.17, 15) is 4.79 Å². The molecule has 7 nitrogen and oxygen atoms in total. The Morgan fingerprint density at radius 1 is 1.33 bits per heavy atom. The first-order valence-electron chi connectivity index (χ1n) is 6.85. The molecule has 0 aliphatic carbocycles. The summed E-state index contributed by atoms with van der Waals surface area (Å²) in [7, 11) is 0. The van der Waals surface area contributed by atoms with Gasteiger partial charge in [-0.25, -0.2) is 14.8 Å². The Morgan fingerprint density at radius 3 is 2.57 bits per heavy atom. The zero-order valence-corrected chi connectivity index (χ0v) is 12.5. The molecule has 0 spiro atoms. The van der Waals surface area contributed by atoms with Crippen molar-refractivity contribution in [3.8, 4) is 6.07 Å². The van der Waals surface area contributed by atoms with Crippen LogP contribution in [0.1, 0.15) is 26.6 Å². The van der Waals surface area contributed by atoms with Crippen LogP contribution >= 0.6 is 0 Å². The molecule has 1 aromatic rings. The molecule has 0 unspecified atom stereocenters. The predicted octanol–water partition coefficient (Wildman–Crippen LogP) is 1.41. The van der Waals surface area contributed by atoms with Gasteiger partial charge in [-0.15, -0.1) is 0 Å². The normalized spacial score (nSPS) is 15.5. The van der Waals surface area contributed by atoms with Crippen LogP contribution in [0.3, 0.4) is 0 Å². The fourth-order valence-corrected chi connectivity index (χ4v) is 2.02. The van der Waals surface area contributed by atoms with Gasteiger partial charge in [0.1, 0.15) is 17.5 Å². The van der Waals surface area contributed by atoms with Crippen LogP contribution < -0.4 is 4.90 Å². The van der Waals surface area contributed by atoms with Crippen molar-refractivity contribution in [2.75, 3.05) is 31.1 Å². The number of carbonyl (C=O) groups excluding carboxylic acids is 1. The lowest BCUT2D eigenvalue weighted by Crippen LogP contribution is -2.50. The smallest absolute Gasteiger partial charge is 0.410 e. The minimum absolute atomic E-state index is 0.155. The number of rotatable bonds is 1. The van der Waals surface area contributed by atoms with Crippen LogP contribution in [0.4, 0.5) is 10.6 Å². The lowest BCUT2D eigenvalue weighted by Gasteiger charge is -2.36. The first-order chi connectivity index (χ1) is 9.89. The fraction of sp³-hybridized carbons (Fsp3) is 0.571. The molecule has 1 aromatic heterocycles. The number of piperazine rings is 1. The second kappa shape index (κ2) is 5.95. The lowest BCUT2D eigenvalue weighted by atomic mass is 10.2. The molecule has 0 bridgehead atoms. The third kappa shape index (κ3) is 4.05. The van der Waals surface area contributed by atoms with Crippen molar-refractivity contribution in [3.05, 3.63) is 18.1 Å². The molecule has 2 heterocycles. The number of amides is 1. The highest BCUT2D eigenvalue weighted by molar-refractivity contribution is 5.68. The molecule has 1 amide bonds. The number of ether oxygens (including phenoxy) is 1. The highest BCUT2D eigenvalue weighted by Crippen LogP contribution is 2.15. The van der Waals surface area contributed by atoms with E-state index in [1.165, 1.54) is 0 Å². The molecule has 112 valence electrons. The summed E-state index contributed by atoms with van der Waals surface area (Å²) >= 11 is 0. The number of carbonyl (C=O) groups is 1. The van der Waals surface area contributed by atoms with Crippen molar-refractivity contribution in [2.24, 2.45) is 0 Å².